The summed E-state index contributed by atoms with van der Waals surface area (Å²) in [6.45, 7) is -0.145. The lowest BCUT2D eigenvalue weighted by Gasteiger charge is -2.09. The number of pyridine rings is 1. The van der Waals surface area contributed by atoms with Crippen LogP contribution in [0, 0.1) is 0 Å². The van der Waals surface area contributed by atoms with E-state index in [4.69, 9.17) is 0 Å². The van der Waals surface area contributed by atoms with Crippen molar-refractivity contribution in [2.75, 3.05) is 13.2 Å². The molecule has 1 aromatic heterocycles. The highest BCUT2D eigenvalue weighted by molar-refractivity contribution is 5.82. The van der Waals surface area contributed by atoms with Gasteiger partial charge in [0.2, 0.25) is 0 Å². The summed E-state index contributed by atoms with van der Waals surface area (Å²) in [6, 6.07) is 24.2. The van der Waals surface area contributed by atoms with Crippen molar-refractivity contribution < 1.29 is 10.2 Å². The molecule has 0 spiro atoms. The highest BCUT2D eigenvalue weighted by Crippen LogP contribution is 2.17. The number of aliphatic hydroxyl groups excluding tert-OH is 2. The zero-order valence-electron chi connectivity index (χ0n) is 15.5. The Morgan fingerprint density at radius 3 is 1.46 bits per heavy atom. The largest absolute Gasteiger partial charge is 0.394 e. The molecule has 0 fully saturated rings. The molecule has 2 aromatic carbocycles. The zero-order valence-corrected chi connectivity index (χ0v) is 15.5. The van der Waals surface area contributed by atoms with E-state index in [1.165, 1.54) is 0 Å². The molecule has 0 aliphatic carbocycles. The van der Waals surface area contributed by atoms with Crippen LogP contribution in [0.3, 0.4) is 0 Å². The van der Waals surface area contributed by atoms with E-state index < -0.39 is 0 Å². The van der Waals surface area contributed by atoms with E-state index in [0.29, 0.717) is 11.4 Å². The maximum Gasteiger partial charge on any atom is 0.0980 e. The lowest BCUT2D eigenvalue weighted by atomic mass is 10.1. The van der Waals surface area contributed by atoms with Gasteiger partial charge >= 0.3 is 0 Å². The molecule has 3 aromatic rings. The SMILES string of the molecule is OC[C@H](N=Cc1cccc(C=N[C@@H](CO)c2ccccc2)n1)c1ccccc1. The van der Waals surface area contributed by atoms with Crippen molar-refractivity contribution in [1.29, 1.82) is 0 Å². The van der Waals surface area contributed by atoms with Crippen LogP contribution in [0.4, 0.5) is 0 Å². The molecule has 2 atom stereocenters. The average Bonchev–Trinajstić information content (AvgIpc) is 2.76. The van der Waals surface area contributed by atoms with Gasteiger partial charge in [0.25, 0.3) is 0 Å². The molecular formula is C23H23N3O2. The molecule has 5 nitrogen and oxygen atoms in total. The number of hydrogen-bond donors (Lipinski definition) is 2. The monoisotopic (exact) mass is 373 g/mol. The molecule has 0 aliphatic rings. The number of hydrogen-bond acceptors (Lipinski definition) is 5. The third kappa shape index (κ3) is 5.42. The first-order valence-electron chi connectivity index (χ1n) is 9.15. The standard InChI is InChI=1S/C23H23N3O2/c27-16-22(18-8-3-1-4-9-18)24-14-20-12-7-13-21(26-20)15-25-23(17-28)19-10-5-2-6-11-19/h1-15,22-23,27-28H,16-17H2/t22-,23-/m0/s1. The molecule has 0 amide bonds. The van der Waals surface area contributed by atoms with Crippen molar-refractivity contribution in [2.24, 2.45) is 9.98 Å². The second-order valence-corrected chi connectivity index (χ2v) is 6.26. The number of aliphatic hydroxyl groups is 2. The lowest BCUT2D eigenvalue weighted by molar-refractivity contribution is 0.269. The Labute approximate surface area is 164 Å². The minimum atomic E-state index is -0.322. The topological polar surface area (TPSA) is 78.1 Å². The Hall–Kier alpha value is -3.15. The maximum atomic E-state index is 9.61. The van der Waals surface area contributed by atoms with Crippen molar-refractivity contribution in [3.05, 3.63) is 101 Å². The predicted octanol–water partition coefficient (Wildman–Crippen LogP) is 3.39. The van der Waals surface area contributed by atoms with Crippen molar-refractivity contribution in [3.63, 3.8) is 0 Å². The van der Waals surface area contributed by atoms with Gasteiger partial charge in [-0.2, -0.15) is 0 Å². The van der Waals surface area contributed by atoms with Crippen LogP contribution in [0.15, 0.2) is 88.8 Å². The molecule has 3 rings (SSSR count). The van der Waals surface area contributed by atoms with E-state index >= 15 is 0 Å². The molecule has 142 valence electrons. The summed E-state index contributed by atoms with van der Waals surface area (Å²) >= 11 is 0. The van der Waals surface area contributed by atoms with Gasteiger partial charge in [-0.05, 0) is 23.3 Å². The van der Waals surface area contributed by atoms with Crippen LogP contribution in [0.25, 0.3) is 0 Å². The summed E-state index contributed by atoms with van der Waals surface area (Å²) in [5, 5.41) is 19.2. The third-order valence-electron chi connectivity index (χ3n) is 4.28. The Balaban J connectivity index is 1.73. The molecule has 5 heteroatoms. The first-order chi connectivity index (χ1) is 13.8. The van der Waals surface area contributed by atoms with Gasteiger partial charge in [-0.25, -0.2) is 4.98 Å². The Morgan fingerprint density at radius 1 is 0.643 bits per heavy atom. The molecule has 2 N–H and O–H groups in total. The first kappa shape index (κ1) is 19.6. The Bertz CT molecular complexity index is 839. The van der Waals surface area contributed by atoms with Crippen LogP contribution >= 0.6 is 0 Å². The normalized spacial score (nSPS) is 13.8. The van der Waals surface area contributed by atoms with Crippen LogP contribution in [0.5, 0.6) is 0 Å². The van der Waals surface area contributed by atoms with Gasteiger partial charge in [-0.15, -0.1) is 0 Å². The summed E-state index contributed by atoms with van der Waals surface area (Å²) in [5.74, 6) is 0. The second kappa shape index (κ2) is 10.3. The van der Waals surface area contributed by atoms with E-state index in [9.17, 15) is 10.2 Å². The maximum absolute atomic E-state index is 9.61. The highest BCUT2D eigenvalue weighted by atomic mass is 16.3. The van der Waals surface area contributed by atoms with Gasteiger partial charge in [-0.1, -0.05) is 66.7 Å². The average molecular weight is 373 g/mol. The fourth-order valence-electron chi connectivity index (χ4n) is 2.77. The third-order valence-corrected chi connectivity index (χ3v) is 4.28. The zero-order chi connectivity index (χ0) is 19.6. The van der Waals surface area contributed by atoms with Crippen LogP contribution in [0.2, 0.25) is 0 Å². The van der Waals surface area contributed by atoms with E-state index in [-0.39, 0.29) is 25.3 Å². The molecule has 1 heterocycles. The number of rotatable bonds is 8. The molecule has 0 aliphatic heterocycles. The summed E-state index contributed by atoms with van der Waals surface area (Å²) in [4.78, 5) is 13.4. The second-order valence-electron chi connectivity index (χ2n) is 6.26. The summed E-state index contributed by atoms with van der Waals surface area (Å²) < 4.78 is 0. The molecule has 28 heavy (non-hydrogen) atoms. The van der Waals surface area contributed by atoms with E-state index in [0.717, 1.165) is 11.1 Å². The van der Waals surface area contributed by atoms with Crippen molar-refractivity contribution in [3.8, 4) is 0 Å². The molecule has 0 unspecified atom stereocenters. The number of aliphatic imine (C=N–C) groups is 2. The van der Waals surface area contributed by atoms with Crippen LogP contribution in [-0.2, 0) is 0 Å². The van der Waals surface area contributed by atoms with Gasteiger partial charge < -0.3 is 10.2 Å². The van der Waals surface area contributed by atoms with Gasteiger partial charge in [0, 0.05) is 12.4 Å². The minimum absolute atomic E-state index is 0.0725. The molecular weight excluding hydrogens is 350 g/mol. The fraction of sp³-hybridized carbons (Fsp3) is 0.174. The van der Waals surface area contributed by atoms with Crippen LogP contribution < -0.4 is 0 Å². The van der Waals surface area contributed by atoms with E-state index in [2.05, 4.69) is 15.0 Å². The van der Waals surface area contributed by atoms with Gasteiger partial charge in [0.05, 0.1) is 36.7 Å². The number of benzene rings is 2. The summed E-state index contributed by atoms with van der Waals surface area (Å²) in [5.41, 5.74) is 3.26. The summed E-state index contributed by atoms with van der Waals surface area (Å²) in [7, 11) is 0. The fourth-order valence-corrected chi connectivity index (χ4v) is 2.77. The van der Waals surface area contributed by atoms with Crippen molar-refractivity contribution in [1.82, 2.24) is 4.98 Å². The quantitative estimate of drug-likeness (QED) is 0.594. The molecule has 0 bridgehead atoms. The van der Waals surface area contributed by atoms with Crippen LogP contribution in [-0.4, -0.2) is 40.8 Å². The predicted molar refractivity (Wildman–Crippen MR) is 112 cm³/mol. The Kier molecular flexibility index (Phi) is 7.18. The summed E-state index contributed by atoms with van der Waals surface area (Å²) in [6.07, 6.45) is 3.32. The van der Waals surface area contributed by atoms with E-state index in [1.54, 1.807) is 12.4 Å². The van der Waals surface area contributed by atoms with E-state index in [1.807, 2.05) is 78.9 Å². The smallest absolute Gasteiger partial charge is 0.0980 e. The number of nitrogens with zero attached hydrogens (tertiary/aromatic N) is 3. The molecule has 0 saturated heterocycles. The highest BCUT2D eigenvalue weighted by Gasteiger charge is 2.08. The van der Waals surface area contributed by atoms with Gasteiger partial charge in [-0.3, -0.25) is 9.98 Å². The minimum Gasteiger partial charge on any atom is -0.394 e. The molecule has 0 saturated carbocycles. The number of aromatic nitrogens is 1. The molecule has 0 radical (unpaired) electrons. The van der Waals surface area contributed by atoms with Crippen molar-refractivity contribution in [2.45, 2.75) is 12.1 Å². The Morgan fingerprint density at radius 2 is 1.07 bits per heavy atom. The van der Waals surface area contributed by atoms with Crippen molar-refractivity contribution >= 4 is 12.4 Å². The first-order valence-corrected chi connectivity index (χ1v) is 9.15. The van der Waals surface area contributed by atoms with Crippen LogP contribution in [0.1, 0.15) is 34.6 Å². The van der Waals surface area contributed by atoms with Gasteiger partial charge in [0.15, 0.2) is 0 Å². The lowest BCUT2D eigenvalue weighted by Crippen LogP contribution is -2.03. The van der Waals surface area contributed by atoms with Gasteiger partial charge in [0.1, 0.15) is 0 Å².